The minimum absolute atomic E-state index is 0.490. The predicted molar refractivity (Wildman–Crippen MR) is 105 cm³/mol. The van der Waals surface area contributed by atoms with Gasteiger partial charge in [-0.2, -0.15) is 18.2 Å². The fraction of sp³-hybridized carbons (Fsp3) is 0.500. The lowest BCUT2D eigenvalue weighted by atomic mass is 10.1. The fourth-order valence-corrected chi connectivity index (χ4v) is 5.93. The fourth-order valence-electron chi connectivity index (χ4n) is 2.90. The maximum Gasteiger partial charge on any atom is 0.490 e. The molecule has 6 atom stereocenters. The van der Waals surface area contributed by atoms with Crippen molar-refractivity contribution in [2.75, 3.05) is 12.3 Å². The van der Waals surface area contributed by atoms with Gasteiger partial charge in [0.15, 0.2) is 0 Å². The van der Waals surface area contributed by atoms with E-state index in [4.69, 9.17) is 25.2 Å². The van der Waals surface area contributed by atoms with E-state index in [9.17, 15) is 43.7 Å². The van der Waals surface area contributed by atoms with Crippen molar-refractivity contribution in [1.82, 2.24) is 19.5 Å². The van der Waals surface area contributed by atoms with Gasteiger partial charge in [-0.15, -0.1) is 0 Å². The molecule has 35 heavy (non-hydrogen) atoms. The average molecular weight is 568 g/mol. The Balaban J connectivity index is 1.84. The Kier molecular flexibility index (Phi) is 7.35. The summed E-state index contributed by atoms with van der Waals surface area (Å²) in [6.45, 7) is -1.19. The zero-order valence-electron chi connectivity index (χ0n) is 16.5. The Bertz CT molecular complexity index is 1350. The number of imidazole rings is 1. The summed E-state index contributed by atoms with van der Waals surface area (Å²) in [6, 6.07) is 0. The number of ether oxygens (including phenoxy) is 1. The summed E-state index contributed by atoms with van der Waals surface area (Å²) in [7, 11) is -17.1. The van der Waals surface area contributed by atoms with Crippen LogP contribution in [0.3, 0.4) is 0 Å². The van der Waals surface area contributed by atoms with Gasteiger partial charge in [0.25, 0.3) is 11.1 Å². The lowest BCUT2D eigenvalue weighted by Crippen LogP contribution is -2.33. The Labute approximate surface area is 190 Å². The van der Waals surface area contributed by atoms with Gasteiger partial charge in [0, 0.05) is 0 Å². The van der Waals surface area contributed by atoms with E-state index >= 15 is 0 Å². The lowest BCUT2D eigenvalue weighted by molar-refractivity contribution is -0.398. The van der Waals surface area contributed by atoms with Crippen LogP contribution in [0.1, 0.15) is 6.23 Å². The molecule has 25 heteroatoms. The van der Waals surface area contributed by atoms with E-state index in [2.05, 4.69) is 23.1 Å². The third kappa shape index (κ3) is 6.16. The molecule has 1 fully saturated rings. The highest BCUT2D eigenvalue weighted by Gasteiger charge is 2.50. The summed E-state index contributed by atoms with van der Waals surface area (Å²) in [5.74, 6) is -1.55. The molecule has 0 spiro atoms. The van der Waals surface area contributed by atoms with Gasteiger partial charge in [0.1, 0.15) is 18.3 Å². The first-order chi connectivity index (χ1) is 15.9. The number of H-pyrrole nitrogens is 1. The van der Waals surface area contributed by atoms with Crippen LogP contribution in [0.4, 0.5) is 11.9 Å². The van der Waals surface area contributed by atoms with Crippen LogP contribution in [0.15, 0.2) is 4.79 Å². The van der Waals surface area contributed by atoms with Crippen molar-refractivity contribution in [3.63, 3.8) is 0 Å². The summed E-state index contributed by atoms with van der Waals surface area (Å²) < 4.78 is 51.0. The first kappa shape index (κ1) is 27.4. The quantitative estimate of drug-likeness (QED) is 0.0885. The van der Waals surface area contributed by atoms with Crippen LogP contribution in [0.2, 0.25) is 0 Å². The van der Waals surface area contributed by atoms with Crippen LogP contribution in [-0.4, -0.2) is 79.1 Å². The van der Waals surface area contributed by atoms with E-state index in [1.54, 1.807) is 0 Å². The average Bonchev–Trinajstić information content (AvgIpc) is 3.16. The first-order valence-electron chi connectivity index (χ1n) is 8.63. The number of phosphoric acid groups is 3. The third-order valence-electron chi connectivity index (χ3n) is 4.12. The molecule has 3 heterocycles. The second kappa shape index (κ2) is 9.37. The van der Waals surface area contributed by atoms with E-state index in [-0.39, 0.29) is 0 Å². The molecule has 0 saturated carbocycles. The molecule has 2 aromatic rings. The highest BCUT2D eigenvalue weighted by atomic mass is 31.3. The molecule has 2 unspecified atom stereocenters. The van der Waals surface area contributed by atoms with Gasteiger partial charge in [0.05, 0.1) is 6.61 Å². The number of aromatic nitrogens is 4. The molecule has 0 amide bonds. The van der Waals surface area contributed by atoms with Gasteiger partial charge in [0.2, 0.25) is 17.8 Å². The number of nitrogens with zero attached hydrogens (tertiary/aromatic N) is 4. The largest absolute Gasteiger partial charge is 0.490 e. The molecule has 0 aromatic carbocycles. The van der Waals surface area contributed by atoms with Crippen LogP contribution < -0.4 is 11.3 Å². The van der Waals surface area contributed by atoms with Gasteiger partial charge in [-0.25, -0.2) is 13.7 Å². The Hall–Kier alpha value is -2.16. The number of aromatic amines is 1. The molecule has 3 rings (SSSR count). The maximum atomic E-state index is 12.0. The summed E-state index contributed by atoms with van der Waals surface area (Å²) in [5, 5.41) is 32.0. The lowest BCUT2D eigenvalue weighted by Gasteiger charge is -2.18. The Morgan fingerprint density at radius 3 is 2.31 bits per heavy atom. The number of fused-ring (bicyclic) bond motifs is 1. The molecule has 1 aliphatic rings. The highest BCUT2D eigenvalue weighted by molar-refractivity contribution is 7.66. The minimum atomic E-state index is -5.82. The zero-order valence-corrected chi connectivity index (χ0v) is 19.2. The van der Waals surface area contributed by atoms with Crippen molar-refractivity contribution in [2.45, 2.75) is 24.5 Å². The smallest absolute Gasteiger partial charge is 0.390 e. The maximum absolute atomic E-state index is 12.0. The van der Waals surface area contributed by atoms with E-state index in [1.165, 1.54) is 0 Å². The number of phosphoric ester groups is 1. The van der Waals surface area contributed by atoms with Gasteiger partial charge in [-0.1, -0.05) is 4.98 Å². The van der Waals surface area contributed by atoms with Crippen LogP contribution >= 0.6 is 23.5 Å². The first-order valence-corrected chi connectivity index (χ1v) is 13.1. The molecule has 2 aromatic heterocycles. The summed E-state index contributed by atoms with van der Waals surface area (Å²) >= 11 is 0. The number of nitrogens with one attached hydrogen (secondary N) is 1. The number of aliphatic hydroxyl groups is 2. The minimum Gasteiger partial charge on any atom is -0.390 e. The number of hydrogen-bond donors (Lipinski definition) is 8. The number of anilines is 1. The van der Waals surface area contributed by atoms with Gasteiger partial charge >= 0.3 is 29.4 Å². The molecule has 0 aliphatic carbocycles. The standard InChI is InChI=1S/C10H15N6O16P3/c11-9-13-6-3(7(19)14-9)12-10(16(20)21)15(6)8-5(18)4(17)2(30-8)1-29-34(25,26)32-35(27,28)31-33(22,23)24/h2,4-5,8,17-18H,1H2,(H,25,26)(H,27,28)(H2,22,23,24)(H3,11,13,14,19)/t2-,4-,5-,8-/m1/s1. The topological polar surface area (TPSA) is 342 Å². The Morgan fingerprint density at radius 1 is 1.11 bits per heavy atom. The van der Waals surface area contributed by atoms with Gasteiger partial charge in [-0.3, -0.25) is 14.3 Å². The summed E-state index contributed by atoms with van der Waals surface area (Å²) in [6.07, 6.45) is -7.64. The van der Waals surface area contributed by atoms with Crippen LogP contribution in [0.5, 0.6) is 0 Å². The van der Waals surface area contributed by atoms with Gasteiger partial charge in [-0.05, 0) is 4.92 Å². The van der Waals surface area contributed by atoms with E-state index < -0.39 is 88.2 Å². The molecular weight excluding hydrogens is 553 g/mol. The number of nitro groups is 1. The van der Waals surface area contributed by atoms with Crippen molar-refractivity contribution in [1.29, 1.82) is 0 Å². The van der Waals surface area contributed by atoms with Gasteiger partial charge < -0.3 is 50.4 Å². The van der Waals surface area contributed by atoms with Crippen molar-refractivity contribution < 1.29 is 66.3 Å². The molecular formula is C10H15N6O16P3. The Morgan fingerprint density at radius 2 is 1.74 bits per heavy atom. The SMILES string of the molecule is Nc1nc2c(nc([N+](=O)[O-])n2[C@@H]2O[C@H](COP(=O)(O)OP(=O)(O)OP(=O)(O)O)[C@@H](O)[C@H]2O)c(=O)[nH]1. The second-order valence-corrected chi connectivity index (χ2v) is 11.0. The molecule has 1 saturated heterocycles. The number of nitrogens with two attached hydrogens (primary N) is 1. The number of aliphatic hydroxyl groups excluding tert-OH is 2. The number of rotatable bonds is 9. The normalized spacial score (nSPS) is 26.5. The molecule has 0 radical (unpaired) electrons. The van der Waals surface area contributed by atoms with E-state index in [0.717, 1.165) is 0 Å². The van der Waals surface area contributed by atoms with Crippen LogP contribution in [0, 0.1) is 10.1 Å². The summed E-state index contributed by atoms with van der Waals surface area (Å²) in [4.78, 5) is 67.2. The molecule has 22 nitrogen and oxygen atoms in total. The van der Waals surface area contributed by atoms with Crippen molar-refractivity contribution >= 4 is 46.5 Å². The predicted octanol–water partition coefficient (Wildman–Crippen LogP) is -2.43. The zero-order chi connectivity index (χ0) is 26.5. The molecule has 1 aliphatic heterocycles. The van der Waals surface area contributed by atoms with Crippen molar-refractivity contribution in [2.24, 2.45) is 0 Å². The molecule has 196 valence electrons. The van der Waals surface area contributed by atoms with Crippen LogP contribution in [0.25, 0.3) is 11.2 Å². The van der Waals surface area contributed by atoms with Crippen LogP contribution in [-0.2, 0) is 31.6 Å². The van der Waals surface area contributed by atoms with E-state index in [0.29, 0.717) is 4.57 Å². The third-order valence-corrected chi connectivity index (χ3v) is 7.93. The van der Waals surface area contributed by atoms with Crippen molar-refractivity contribution in [3.8, 4) is 0 Å². The monoisotopic (exact) mass is 568 g/mol. The summed E-state index contributed by atoms with van der Waals surface area (Å²) in [5.41, 5.74) is 3.34. The molecule has 0 bridgehead atoms. The van der Waals surface area contributed by atoms with Crippen molar-refractivity contribution in [3.05, 3.63) is 20.5 Å². The van der Waals surface area contributed by atoms with E-state index in [1.807, 2.05) is 4.98 Å². The number of nitrogen functional groups attached to an aromatic ring is 1. The molecule has 9 N–H and O–H groups in total. The second-order valence-electron chi connectivity index (χ2n) is 6.60. The number of hydrogen-bond acceptors (Lipinski definition) is 15. The highest BCUT2D eigenvalue weighted by Crippen LogP contribution is 2.66.